The lowest BCUT2D eigenvalue weighted by atomic mass is 10.2. The van der Waals surface area contributed by atoms with Crippen LogP contribution in [-0.4, -0.2) is 19.8 Å². The van der Waals surface area contributed by atoms with Crippen molar-refractivity contribution in [1.82, 2.24) is 0 Å². The first kappa shape index (κ1) is 13.2. The van der Waals surface area contributed by atoms with Gasteiger partial charge in [0.2, 0.25) is 0 Å². The molecule has 3 nitrogen and oxygen atoms in total. The zero-order chi connectivity index (χ0) is 12.5. The summed E-state index contributed by atoms with van der Waals surface area (Å²) in [5.74, 6) is 4.13. The molecule has 0 saturated carbocycles. The van der Waals surface area contributed by atoms with E-state index in [0.717, 1.165) is 23.7 Å². The topological polar surface area (TPSA) is 30.5 Å². The molecule has 0 atom stereocenters. The molecule has 0 radical (unpaired) electrons. The van der Waals surface area contributed by atoms with E-state index in [2.05, 4.69) is 11.2 Å². The minimum atomic E-state index is 0.619. The maximum Gasteiger partial charge on any atom is 0.163 e. The Hall–Kier alpha value is -1.82. The van der Waals surface area contributed by atoms with Gasteiger partial charge in [-0.05, 0) is 26.0 Å². The minimum absolute atomic E-state index is 0.619. The van der Waals surface area contributed by atoms with Gasteiger partial charge >= 0.3 is 0 Å². The second-order valence-electron chi connectivity index (χ2n) is 3.41. The van der Waals surface area contributed by atoms with Crippen molar-refractivity contribution in [3.05, 3.63) is 18.2 Å². The third-order valence-electron chi connectivity index (χ3n) is 2.14. The summed E-state index contributed by atoms with van der Waals surface area (Å²) >= 11 is 0. The van der Waals surface area contributed by atoms with E-state index >= 15 is 0 Å². The molecule has 1 aromatic rings. The van der Waals surface area contributed by atoms with Crippen molar-refractivity contribution in [1.29, 1.82) is 0 Å². The Morgan fingerprint density at radius 1 is 1.18 bits per heavy atom. The lowest BCUT2D eigenvalue weighted by Gasteiger charge is -2.13. The Balaban J connectivity index is 2.74. The number of hydrogen-bond donors (Lipinski definition) is 1. The Morgan fingerprint density at radius 3 is 2.53 bits per heavy atom. The average molecular weight is 233 g/mol. The van der Waals surface area contributed by atoms with Gasteiger partial charge in [0.25, 0.3) is 0 Å². The molecule has 1 N–H and O–H groups in total. The van der Waals surface area contributed by atoms with Gasteiger partial charge < -0.3 is 14.8 Å². The van der Waals surface area contributed by atoms with Crippen molar-refractivity contribution in [2.24, 2.45) is 0 Å². The van der Waals surface area contributed by atoms with Crippen LogP contribution in [-0.2, 0) is 0 Å². The number of anilines is 1. The van der Waals surface area contributed by atoms with E-state index in [4.69, 9.17) is 15.9 Å². The first-order valence-electron chi connectivity index (χ1n) is 5.88. The molecule has 92 valence electrons. The molecule has 0 aliphatic rings. The standard InChI is InChI=1S/C14H19NO2/c1-4-7-10-15-12-8-9-13(16-5-2)14(11-12)17-6-3/h1,8-9,11,15H,5-7,10H2,2-3H3. The predicted molar refractivity (Wildman–Crippen MR) is 70.7 cm³/mol. The summed E-state index contributed by atoms with van der Waals surface area (Å²) in [5.41, 5.74) is 0.993. The van der Waals surface area contributed by atoms with Crippen molar-refractivity contribution in [2.75, 3.05) is 25.1 Å². The molecule has 0 saturated heterocycles. The zero-order valence-corrected chi connectivity index (χ0v) is 10.5. The molecule has 0 heterocycles. The van der Waals surface area contributed by atoms with E-state index in [1.165, 1.54) is 0 Å². The highest BCUT2D eigenvalue weighted by Gasteiger charge is 2.05. The number of ether oxygens (including phenoxy) is 2. The van der Waals surface area contributed by atoms with Crippen LogP contribution in [0.5, 0.6) is 11.5 Å². The predicted octanol–water partition coefficient (Wildman–Crippen LogP) is 2.92. The van der Waals surface area contributed by atoms with Gasteiger partial charge in [0.1, 0.15) is 0 Å². The molecule has 0 fully saturated rings. The van der Waals surface area contributed by atoms with E-state index in [-0.39, 0.29) is 0 Å². The third-order valence-corrected chi connectivity index (χ3v) is 2.14. The normalized spacial score (nSPS) is 9.47. The number of benzene rings is 1. The van der Waals surface area contributed by atoms with E-state index in [1.807, 2.05) is 32.0 Å². The monoisotopic (exact) mass is 233 g/mol. The molecule has 0 spiro atoms. The van der Waals surface area contributed by atoms with E-state index in [9.17, 15) is 0 Å². The Bertz CT molecular complexity index is 382. The number of hydrogen-bond acceptors (Lipinski definition) is 3. The number of rotatable bonds is 7. The largest absolute Gasteiger partial charge is 0.490 e. The Morgan fingerprint density at radius 2 is 1.88 bits per heavy atom. The van der Waals surface area contributed by atoms with Crippen LogP contribution in [0.3, 0.4) is 0 Å². The van der Waals surface area contributed by atoms with E-state index in [0.29, 0.717) is 19.6 Å². The molecule has 0 unspecified atom stereocenters. The van der Waals surface area contributed by atoms with Gasteiger partial charge in [-0.15, -0.1) is 12.3 Å². The highest BCUT2D eigenvalue weighted by atomic mass is 16.5. The van der Waals surface area contributed by atoms with Crippen molar-refractivity contribution in [2.45, 2.75) is 20.3 Å². The summed E-state index contributed by atoms with van der Waals surface area (Å²) in [6.07, 6.45) is 5.90. The summed E-state index contributed by atoms with van der Waals surface area (Å²) in [5, 5.41) is 3.24. The van der Waals surface area contributed by atoms with Crippen LogP contribution in [0.2, 0.25) is 0 Å². The maximum atomic E-state index is 5.53. The molecule has 3 heteroatoms. The summed E-state index contributed by atoms with van der Waals surface area (Å²) < 4.78 is 11.0. The van der Waals surface area contributed by atoms with Crippen molar-refractivity contribution >= 4 is 5.69 Å². The van der Waals surface area contributed by atoms with Crippen LogP contribution in [0.25, 0.3) is 0 Å². The molecule has 0 aliphatic heterocycles. The fourth-order valence-electron chi connectivity index (χ4n) is 1.44. The van der Waals surface area contributed by atoms with Crippen LogP contribution in [0.15, 0.2) is 18.2 Å². The van der Waals surface area contributed by atoms with E-state index in [1.54, 1.807) is 0 Å². The van der Waals surface area contributed by atoms with Gasteiger partial charge in [-0.1, -0.05) is 0 Å². The molecular formula is C14H19NO2. The van der Waals surface area contributed by atoms with Crippen LogP contribution in [0.1, 0.15) is 20.3 Å². The summed E-state index contributed by atoms with van der Waals surface area (Å²) in [7, 11) is 0. The van der Waals surface area contributed by atoms with Gasteiger partial charge in [0.05, 0.1) is 13.2 Å². The molecule has 17 heavy (non-hydrogen) atoms. The van der Waals surface area contributed by atoms with Crippen molar-refractivity contribution in [3.8, 4) is 23.8 Å². The molecule has 0 aromatic heterocycles. The molecule has 0 amide bonds. The second-order valence-corrected chi connectivity index (χ2v) is 3.41. The summed E-state index contributed by atoms with van der Waals surface area (Å²) in [6.45, 7) is 5.91. The summed E-state index contributed by atoms with van der Waals surface area (Å²) in [6, 6.07) is 5.81. The van der Waals surface area contributed by atoms with Crippen molar-refractivity contribution < 1.29 is 9.47 Å². The fourth-order valence-corrected chi connectivity index (χ4v) is 1.44. The number of nitrogens with one attached hydrogen (secondary N) is 1. The van der Waals surface area contributed by atoms with Crippen LogP contribution >= 0.6 is 0 Å². The molecule has 0 aliphatic carbocycles. The Kier molecular flexibility index (Phi) is 5.81. The molecule has 1 rings (SSSR count). The van der Waals surface area contributed by atoms with Gasteiger partial charge in [-0.25, -0.2) is 0 Å². The minimum Gasteiger partial charge on any atom is -0.490 e. The first-order valence-corrected chi connectivity index (χ1v) is 5.88. The zero-order valence-electron chi connectivity index (χ0n) is 10.5. The highest BCUT2D eigenvalue weighted by Crippen LogP contribution is 2.30. The van der Waals surface area contributed by atoms with Gasteiger partial charge in [0, 0.05) is 24.7 Å². The third kappa shape index (κ3) is 4.28. The molecule has 1 aromatic carbocycles. The lowest BCUT2D eigenvalue weighted by Crippen LogP contribution is -2.02. The SMILES string of the molecule is C#CCCNc1ccc(OCC)c(OCC)c1. The average Bonchev–Trinajstić information content (AvgIpc) is 2.33. The van der Waals surface area contributed by atoms with Crippen LogP contribution in [0, 0.1) is 12.3 Å². The molecule has 0 bridgehead atoms. The van der Waals surface area contributed by atoms with Gasteiger partial charge in [0.15, 0.2) is 11.5 Å². The van der Waals surface area contributed by atoms with Crippen molar-refractivity contribution in [3.63, 3.8) is 0 Å². The lowest BCUT2D eigenvalue weighted by molar-refractivity contribution is 0.288. The van der Waals surface area contributed by atoms with E-state index < -0.39 is 0 Å². The van der Waals surface area contributed by atoms with Gasteiger partial charge in [-0.2, -0.15) is 0 Å². The summed E-state index contributed by atoms with van der Waals surface area (Å²) in [4.78, 5) is 0. The smallest absolute Gasteiger partial charge is 0.163 e. The highest BCUT2D eigenvalue weighted by molar-refractivity contribution is 5.54. The quantitative estimate of drug-likeness (QED) is 0.580. The first-order chi connectivity index (χ1) is 8.31. The fraction of sp³-hybridized carbons (Fsp3) is 0.429. The Labute approximate surface area is 103 Å². The second kappa shape index (κ2) is 7.45. The maximum absolute atomic E-state index is 5.53. The molecular weight excluding hydrogens is 214 g/mol. The van der Waals surface area contributed by atoms with Gasteiger partial charge in [-0.3, -0.25) is 0 Å². The van der Waals surface area contributed by atoms with Crippen LogP contribution in [0.4, 0.5) is 5.69 Å². The number of terminal acetylenes is 1. The van der Waals surface area contributed by atoms with Crippen LogP contribution < -0.4 is 14.8 Å².